The molecule has 7 heteroatoms. The van der Waals surface area contributed by atoms with Crippen LogP contribution in [-0.4, -0.2) is 78.0 Å². The summed E-state index contributed by atoms with van der Waals surface area (Å²) in [5, 5.41) is 0. The van der Waals surface area contributed by atoms with Gasteiger partial charge < -0.3 is 24.0 Å². The van der Waals surface area contributed by atoms with Gasteiger partial charge in [-0.15, -0.1) is 0 Å². The Kier molecular flexibility index (Phi) is 6.14. The lowest BCUT2D eigenvalue weighted by Gasteiger charge is -2.61. The average molecular weight is 501 g/mol. The van der Waals surface area contributed by atoms with Crippen LogP contribution in [0.15, 0.2) is 42.9 Å². The van der Waals surface area contributed by atoms with E-state index in [1.165, 1.54) is 68.1 Å². The molecule has 196 valence electrons. The molecule has 0 unspecified atom stereocenters. The Labute approximate surface area is 220 Å². The van der Waals surface area contributed by atoms with E-state index < -0.39 is 0 Å². The smallest absolute Gasteiger partial charge is 0.254 e. The number of imidazole rings is 1. The number of fused-ring (bicyclic) bond motifs is 2. The van der Waals surface area contributed by atoms with Gasteiger partial charge in [-0.1, -0.05) is 13.8 Å². The maximum absolute atomic E-state index is 12.2. The summed E-state index contributed by atoms with van der Waals surface area (Å²) in [5.74, 6) is 0.953. The number of pyridine rings is 1. The molecule has 0 aliphatic carbocycles. The predicted molar refractivity (Wildman–Crippen MR) is 150 cm³/mol. The molecule has 3 fully saturated rings. The Hall–Kier alpha value is -3.06. The number of piperidine rings is 1. The number of rotatable bonds is 4. The van der Waals surface area contributed by atoms with Crippen LogP contribution >= 0.6 is 0 Å². The van der Waals surface area contributed by atoms with Crippen LogP contribution in [0.5, 0.6) is 0 Å². The minimum absolute atomic E-state index is 0.154. The summed E-state index contributed by atoms with van der Waals surface area (Å²) in [5.41, 5.74) is 7.56. The summed E-state index contributed by atoms with van der Waals surface area (Å²) in [4.78, 5) is 26.2. The zero-order chi connectivity index (χ0) is 25.7. The number of aryl methyl sites for hydroxylation is 1. The Balaban J connectivity index is 0.00000123. The van der Waals surface area contributed by atoms with Gasteiger partial charge in [0.2, 0.25) is 0 Å². The number of hydrogen-bond donors (Lipinski definition) is 0. The normalized spacial score (nSPS) is 21.1. The third-order valence-electron chi connectivity index (χ3n) is 8.79. The molecule has 4 aliphatic heterocycles. The number of anilines is 2. The van der Waals surface area contributed by atoms with E-state index in [0.29, 0.717) is 5.41 Å². The summed E-state index contributed by atoms with van der Waals surface area (Å²) < 4.78 is 2.13. The largest absolute Gasteiger partial charge is 0.372 e. The number of aromatic nitrogens is 2. The van der Waals surface area contributed by atoms with Crippen LogP contribution in [-0.2, 0) is 6.54 Å². The first-order chi connectivity index (χ1) is 18.0. The van der Waals surface area contributed by atoms with E-state index in [9.17, 15) is 4.79 Å². The van der Waals surface area contributed by atoms with Gasteiger partial charge in [0.05, 0.1) is 5.69 Å². The molecule has 0 atom stereocenters. The van der Waals surface area contributed by atoms with Crippen LogP contribution in [0.3, 0.4) is 0 Å². The zero-order valence-electron chi connectivity index (χ0n) is 22.8. The van der Waals surface area contributed by atoms with Crippen LogP contribution in [0.2, 0.25) is 0 Å². The molecule has 2 aromatic heterocycles. The molecule has 3 aromatic rings. The van der Waals surface area contributed by atoms with E-state index in [1.807, 2.05) is 39.4 Å². The van der Waals surface area contributed by atoms with Crippen molar-refractivity contribution < 1.29 is 4.79 Å². The number of carbonyl (C=O) groups excluding carboxylic acids is 1. The van der Waals surface area contributed by atoms with E-state index in [1.54, 1.807) is 4.90 Å². The van der Waals surface area contributed by atoms with Crippen molar-refractivity contribution in [2.75, 3.05) is 62.7 Å². The van der Waals surface area contributed by atoms with Crippen LogP contribution in [0.4, 0.5) is 11.4 Å². The Morgan fingerprint density at radius 2 is 1.78 bits per heavy atom. The lowest BCUT2D eigenvalue weighted by Crippen LogP contribution is -2.72. The first kappa shape index (κ1) is 24.3. The fourth-order valence-electron chi connectivity index (χ4n) is 6.93. The number of amides is 1. The second kappa shape index (κ2) is 9.35. The van der Waals surface area contributed by atoms with E-state index in [2.05, 4.69) is 55.4 Å². The van der Waals surface area contributed by atoms with Crippen LogP contribution in [0.1, 0.15) is 48.2 Å². The molecule has 7 nitrogen and oxygen atoms in total. The Bertz CT molecular complexity index is 1290. The first-order valence-corrected chi connectivity index (χ1v) is 14.0. The maximum atomic E-state index is 12.2. The molecule has 1 aromatic carbocycles. The summed E-state index contributed by atoms with van der Waals surface area (Å²) in [6.45, 7) is 15.3. The monoisotopic (exact) mass is 500 g/mol. The second-order valence-electron chi connectivity index (χ2n) is 11.5. The molecule has 3 saturated heterocycles. The van der Waals surface area contributed by atoms with Gasteiger partial charge in [0, 0.05) is 94.7 Å². The number of benzene rings is 1. The van der Waals surface area contributed by atoms with Gasteiger partial charge in [0.1, 0.15) is 5.65 Å². The highest BCUT2D eigenvalue weighted by atomic mass is 16.2. The number of hydrogen-bond acceptors (Lipinski definition) is 5. The highest BCUT2D eigenvalue weighted by molar-refractivity contribution is 5.98. The molecule has 0 bridgehead atoms. The number of carbonyl (C=O) groups is 1. The van der Waals surface area contributed by atoms with Crippen molar-refractivity contribution in [1.82, 2.24) is 19.2 Å². The van der Waals surface area contributed by atoms with Gasteiger partial charge in [-0.05, 0) is 61.1 Å². The molecule has 0 saturated carbocycles. The first-order valence-electron chi connectivity index (χ1n) is 14.0. The SMILES string of the molecule is CC.Cc1cc2nccn2cc1N1CC2(CN(CC3CCN(c4ccc5c(c4)CN(C)C5=O)CC3)C2)C1. The Morgan fingerprint density at radius 3 is 2.54 bits per heavy atom. The molecular formula is C30H40N6O. The number of nitrogens with zero attached hydrogens (tertiary/aromatic N) is 6. The molecule has 6 heterocycles. The molecule has 1 amide bonds. The van der Waals surface area contributed by atoms with Gasteiger partial charge in [-0.3, -0.25) is 4.79 Å². The van der Waals surface area contributed by atoms with Crippen molar-refractivity contribution in [2.45, 2.75) is 40.2 Å². The standard InChI is InChI=1S/C28H34N6O.C2H6/c1-20-11-26-29-7-10-33(26)15-25(20)34-18-28(19-34)16-31(17-28)13-21-5-8-32(9-6-21)23-3-4-24-22(12-23)14-30(2)27(24)35;1-2/h3-4,7,10-12,15,21H,5-6,8-9,13-14,16-19H2,1-2H3;1-2H3. The van der Waals surface area contributed by atoms with Crippen molar-refractivity contribution in [3.05, 3.63) is 59.5 Å². The maximum Gasteiger partial charge on any atom is 0.254 e. The van der Waals surface area contributed by atoms with Crippen LogP contribution in [0, 0.1) is 18.3 Å². The summed E-state index contributed by atoms with van der Waals surface area (Å²) >= 11 is 0. The van der Waals surface area contributed by atoms with E-state index in [0.717, 1.165) is 36.8 Å². The van der Waals surface area contributed by atoms with Crippen molar-refractivity contribution in [2.24, 2.45) is 11.3 Å². The minimum Gasteiger partial charge on any atom is -0.372 e. The van der Waals surface area contributed by atoms with E-state index in [4.69, 9.17) is 0 Å². The van der Waals surface area contributed by atoms with Gasteiger partial charge in [-0.2, -0.15) is 0 Å². The lowest BCUT2D eigenvalue weighted by atomic mass is 9.72. The zero-order valence-corrected chi connectivity index (χ0v) is 22.8. The Morgan fingerprint density at radius 1 is 1.03 bits per heavy atom. The summed E-state index contributed by atoms with van der Waals surface area (Å²) in [6.07, 6.45) is 8.67. The predicted octanol–water partition coefficient (Wildman–Crippen LogP) is 4.29. The van der Waals surface area contributed by atoms with Gasteiger partial charge in [-0.25, -0.2) is 4.98 Å². The molecule has 1 spiro atoms. The second-order valence-corrected chi connectivity index (χ2v) is 11.5. The molecular weight excluding hydrogens is 460 g/mol. The fraction of sp³-hybridized carbons (Fsp3) is 0.533. The van der Waals surface area contributed by atoms with Crippen molar-refractivity contribution in [1.29, 1.82) is 0 Å². The molecule has 7 rings (SSSR count). The third kappa shape index (κ3) is 4.27. The molecule has 4 aliphatic rings. The van der Waals surface area contributed by atoms with Crippen LogP contribution in [0.25, 0.3) is 5.65 Å². The van der Waals surface area contributed by atoms with Gasteiger partial charge in [0.15, 0.2) is 0 Å². The molecule has 37 heavy (non-hydrogen) atoms. The quantitative estimate of drug-likeness (QED) is 0.535. The van der Waals surface area contributed by atoms with Crippen molar-refractivity contribution in [3.63, 3.8) is 0 Å². The lowest BCUT2D eigenvalue weighted by molar-refractivity contribution is -0.0324. The van der Waals surface area contributed by atoms with Crippen molar-refractivity contribution >= 4 is 22.9 Å². The van der Waals surface area contributed by atoms with E-state index >= 15 is 0 Å². The molecule has 0 N–H and O–H groups in total. The highest BCUT2D eigenvalue weighted by Gasteiger charge is 2.52. The van der Waals surface area contributed by atoms with Gasteiger partial charge >= 0.3 is 0 Å². The summed E-state index contributed by atoms with van der Waals surface area (Å²) in [6, 6.07) is 8.61. The fourth-order valence-corrected chi connectivity index (χ4v) is 6.93. The summed E-state index contributed by atoms with van der Waals surface area (Å²) in [7, 11) is 1.88. The van der Waals surface area contributed by atoms with E-state index in [-0.39, 0.29) is 5.91 Å². The average Bonchev–Trinajstić information content (AvgIpc) is 3.43. The third-order valence-corrected chi connectivity index (χ3v) is 8.79. The number of likely N-dealkylation sites (tertiary alicyclic amines) is 1. The topological polar surface area (TPSA) is 47.3 Å². The van der Waals surface area contributed by atoms with Crippen molar-refractivity contribution in [3.8, 4) is 0 Å². The van der Waals surface area contributed by atoms with Gasteiger partial charge in [0.25, 0.3) is 5.91 Å². The molecule has 0 radical (unpaired) electrons. The minimum atomic E-state index is 0.154. The van der Waals surface area contributed by atoms with Crippen LogP contribution < -0.4 is 9.80 Å². The highest BCUT2D eigenvalue weighted by Crippen LogP contribution is 2.43.